The Kier molecular flexibility index (Phi) is 6.19. The standard InChI is InChI=1S/C22H20FN3O3/c1-14(2)29-20-10-6-5-9-18(20)26-22(28)19-13-15(11-12-24-19)21(27)25-17-8-4-3-7-16(17)23/h3-14H,1-2H3,(H,25,27)(H,26,28). The zero-order valence-electron chi connectivity index (χ0n) is 16.0. The highest BCUT2D eigenvalue weighted by atomic mass is 19.1. The minimum Gasteiger partial charge on any atom is -0.489 e. The summed E-state index contributed by atoms with van der Waals surface area (Å²) in [5.74, 6) is -1.06. The first-order valence-electron chi connectivity index (χ1n) is 9.03. The topological polar surface area (TPSA) is 80.3 Å². The largest absolute Gasteiger partial charge is 0.489 e. The summed E-state index contributed by atoms with van der Waals surface area (Å²) in [4.78, 5) is 29.1. The van der Waals surface area contributed by atoms with Crippen molar-refractivity contribution in [2.24, 2.45) is 0 Å². The van der Waals surface area contributed by atoms with Crippen molar-refractivity contribution in [3.63, 3.8) is 0 Å². The molecule has 0 aliphatic heterocycles. The smallest absolute Gasteiger partial charge is 0.274 e. The molecule has 3 aromatic rings. The van der Waals surface area contributed by atoms with Gasteiger partial charge in [0.15, 0.2) is 0 Å². The number of anilines is 2. The van der Waals surface area contributed by atoms with Gasteiger partial charge in [0, 0.05) is 11.8 Å². The van der Waals surface area contributed by atoms with E-state index in [9.17, 15) is 14.0 Å². The van der Waals surface area contributed by atoms with Gasteiger partial charge in [-0.05, 0) is 50.2 Å². The Labute approximate surface area is 167 Å². The quantitative estimate of drug-likeness (QED) is 0.646. The SMILES string of the molecule is CC(C)Oc1ccccc1NC(=O)c1cc(C(=O)Nc2ccccc2F)ccn1. The summed E-state index contributed by atoms with van der Waals surface area (Å²) in [7, 11) is 0. The number of aromatic nitrogens is 1. The van der Waals surface area contributed by atoms with E-state index in [1.807, 2.05) is 13.8 Å². The molecule has 1 heterocycles. The van der Waals surface area contributed by atoms with E-state index >= 15 is 0 Å². The molecule has 6 nitrogen and oxygen atoms in total. The van der Waals surface area contributed by atoms with E-state index in [0.717, 1.165) is 0 Å². The summed E-state index contributed by atoms with van der Waals surface area (Å²) in [5, 5.41) is 5.22. The lowest BCUT2D eigenvalue weighted by atomic mass is 10.2. The molecular weight excluding hydrogens is 373 g/mol. The van der Waals surface area contributed by atoms with Crippen molar-refractivity contribution in [2.75, 3.05) is 10.6 Å². The molecule has 2 aromatic carbocycles. The zero-order valence-corrected chi connectivity index (χ0v) is 16.0. The minimum atomic E-state index is -0.547. The third-order valence-electron chi connectivity index (χ3n) is 3.87. The molecule has 0 radical (unpaired) electrons. The van der Waals surface area contributed by atoms with Crippen LogP contribution in [0.4, 0.5) is 15.8 Å². The Morgan fingerprint density at radius 2 is 1.59 bits per heavy atom. The van der Waals surface area contributed by atoms with Gasteiger partial charge in [-0.1, -0.05) is 24.3 Å². The maximum atomic E-state index is 13.7. The van der Waals surface area contributed by atoms with E-state index in [1.165, 1.54) is 36.5 Å². The van der Waals surface area contributed by atoms with Crippen molar-refractivity contribution in [3.05, 3.63) is 83.9 Å². The van der Waals surface area contributed by atoms with Crippen LogP contribution < -0.4 is 15.4 Å². The predicted molar refractivity (Wildman–Crippen MR) is 109 cm³/mol. The van der Waals surface area contributed by atoms with Crippen LogP contribution in [0, 0.1) is 5.82 Å². The Hall–Kier alpha value is -3.74. The van der Waals surface area contributed by atoms with E-state index in [0.29, 0.717) is 11.4 Å². The van der Waals surface area contributed by atoms with E-state index < -0.39 is 17.6 Å². The van der Waals surface area contributed by atoms with Crippen LogP contribution in [0.25, 0.3) is 0 Å². The fourth-order valence-electron chi connectivity index (χ4n) is 2.57. The number of nitrogens with zero attached hydrogens (tertiary/aromatic N) is 1. The van der Waals surface area contributed by atoms with Crippen LogP contribution in [0.3, 0.4) is 0 Å². The molecule has 0 aliphatic carbocycles. The molecule has 1 aromatic heterocycles. The number of amides is 2. The Balaban J connectivity index is 1.76. The van der Waals surface area contributed by atoms with Gasteiger partial charge in [-0.2, -0.15) is 0 Å². The maximum absolute atomic E-state index is 13.7. The molecule has 148 valence electrons. The number of carbonyl (C=O) groups excluding carboxylic acids is 2. The summed E-state index contributed by atoms with van der Waals surface area (Å²) >= 11 is 0. The zero-order chi connectivity index (χ0) is 20.8. The predicted octanol–water partition coefficient (Wildman–Crippen LogP) is 4.51. The van der Waals surface area contributed by atoms with E-state index in [1.54, 1.807) is 30.3 Å². The highest BCUT2D eigenvalue weighted by Gasteiger charge is 2.15. The maximum Gasteiger partial charge on any atom is 0.274 e. The monoisotopic (exact) mass is 393 g/mol. The van der Waals surface area contributed by atoms with Crippen molar-refractivity contribution in [1.29, 1.82) is 0 Å². The summed E-state index contributed by atoms with van der Waals surface area (Å²) < 4.78 is 19.4. The molecule has 0 spiro atoms. The van der Waals surface area contributed by atoms with E-state index in [4.69, 9.17) is 4.74 Å². The van der Waals surface area contributed by atoms with Crippen molar-refractivity contribution >= 4 is 23.2 Å². The molecule has 0 saturated heterocycles. The van der Waals surface area contributed by atoms with Crippen molar-refractivity contribution in [2.45, 2.75) is 20.0 Å². The normalized spacial score (nSPS) is 10.5. The number of halogens is 1. The Morgan fingerprint density at radius 1 is 0.931 bits per heavy atom. The van der Waals surface area contributed by atoms with E-state index in [-0.39, 0.29) is 23.0 Å². The molecule has 2 N–H and O–H groups in total. The van der Waals surface area contributed by atoms with Crippen LogP contribution in [0.2, 0.25) is 0 Å². The van der Waals surface area contributed by atoms with Gasteiger partial charge < -0.3 is 15.4 Å². The van der Waals surface area contributed by atoms with Gasteiger partial charge in [0.05, 0.1) is 17.5 Å². The molecular formula is C22H20FN3O3. The van der Waals surface area contributed by atoms with Crippen LogP contribution in [0.15, 0.2) is 66.9 Å². The number of carbonyl (C=O) groups is 2. The van der Waals surface area contributed by atoms with Crippen LogP contribution in [-0.2, 0) is 0 Å². The molecule has 0 bridgehead atoms. The number of pyridine rings is 1. The fraction of sp³-hybridized carbons (Fsp3) is 0.136. The van der Waals surface area contributed by atoms with Gasteiger partial charge in [0.1, 0.15) is 17.3 Å². The average Bonchev–Trinajstić information content (AvgIpc) is 2.71. The van der Waals surface area contributed by atoms with Crippen molar-refractivity contribution < 1.29 is 18.7 Å². The Morgan fingerprint density at radius 3 is 2.31 bits per heavy atom. The molecule has 3 rings (SSSR count). The number of rotatable bonds is 6. The van der Waals surface area contributed by atoms with Gasteiger partial charge in [-0.3, -0.25) is 14.6 Å². The lowest BCUT2D eigenvalue weighted by molar-refractivity contribution is 0.102. The van der Waals surface area contributed by atoms with E-state index in [2.05, 4.69) is 15.6 Å². The van der Waals surface area contributed by atoms with Crippen LogP contribution >= 0.6 is 0 Å². The van der Waals surface area contributed by atoms with Gasteiger partial charge in [0.2, 0.25) is 0 Å². The summed E-state index contributed by atoms with van der Waals surface area (Å²) in [6.45, 7) is 3.77. The molecule has 0 aliphatic rings. The molecule has 7 heteroatoms. The number of ether oxygens (including phenoxy) is 1. The molecule has 0 unspecified atom stereocenters. The third kappa shape index (κ3) is 5.16. The lowest BCUT2D eigenvalue weighted by Crippen LogP contribution is -2.18. The Bertz CT molecular complexity index is 1040. The highest BCUT2D eigenvalue weighted by molar-refractivity contribution is 6.08. The highest BCUT2D eigenvalue weighted by Crippen LogP contribution is 2.25. The number of nitrogens with one attached hydrogen (secondary N) is 2. The summed E-state index contributed by atoms with van der Waals surface area (Å²) in [6, 6.07) is 15.7. The average molecular weight is 393 g/mol. The molecule has 2 amide bonds. The van der Waals surface area contributed by atoms with Gasteiger partial charge in [-0.15, -0.1) is 0 Å². The lowest BCUT2D eigenvalue weighted by Gasteiger charge is -2.14. The first kappa shape index (κ1) is 20.0. The van der Waals surface area contributed by atoms with Crippen LogP contribution in [0.5, 0.6) is 5.75 Å². The number of para-hydroxylation sites is 3. The van der Waals surface area contributed by atoms with Crippen LogP contribution in [-0.4, -0.2) is 22.9 Å². The van der Waals surface area contributed by atoms with Crippen molar-refractivity contribution in [1.82, 2.24) is 4.98 Å². The molecule has 0 atom stereocenters. The second-order valence-electron chi connectivity index (χ2n) is 6.48. The number of hydrogen-bond donors (Lipinski definition) is 2. The fourth-order valence-corrected chi connectivity index (χ4v) is 2.57. The third-order valence-corrected chi connectivity index (χ3v) is 3.87. The minimum absolute atomic E-state index is 0.0468. The molecule has 0 fully saturated rings. The number of hydrogen-bond acceptors (Lipinski definition) is 4. The van der Waals surface area contributed by atoms with Gasteiger partial charge in [-0.25, -0.2) is 4.39 Å². The molecule has 29 heavy (non-hydrogen) atoms. The molecule has 0 saturated carbocycles. The summed E-state index contributed by atoms with van der Waals surface area (Å²) in [5.41, 5.74) is 0.778. The first-order chi connectivity index (χ1) is 13.9. The van der Waals surface area contributed by atoms with Gasteiger partial charge in [0.25, 0.3) is 11.8 Å². The first-order valence-corrected chi connectivity index (χ1v) is 9.03. The second kappa shape index (κ2) is 8.97. The van der Waals surface area contributed by atoms with Gasteiger partial charge >= 0.3 is 0 Å². The van der Waals surface area contributed by atoms with Crippen LogP contribution in [0.1, 0.15) is 34.7 Å². The van der Waals surface area contributed by atoms with Crippen molar-refractivity contribution in [3.8, 4) is 5.75 Å². The number of benzene rings is 2. The second-order valence-corrected chi connectivity index (χ2v) is 6.48. The summed E-state index contributed by atoms with van der Waals surface area (Å²) in [6.07, 6.45) is 1.29.